The van der Waals surface area contributed by atoms with E-state index in [0.717, 1.165) is 30.2 Å². The lowest BCUT2D eigenvalue weighted by Gasteiger charge is -2.50. The van der Waals surface area contributed by atoms with Crippen molar-refractivity contribution < 1.29 is 23.5 Å². The van der Waals surface area contributed by atoms with Crippen LogP contribution in [-0.4, -0.2) is 31.6 Å². The highest BCUT2D eigenvalue weighted by Gasteiger charge is 2.48. The third-order valence-electron chi connectivity index (χ3n) is 6.40. The molecule has 5 rings (SSSR count). The van der Waals surface area contributed by atoms with Gasteiger partial charge in [-0.3, -0.25) is 9.59 Å². The maximum absolute atomic E-state index is 13.5. The van der Waals surface area contributed by atoms with E-state index in [1.807, 2.05) is 24.3 Å². The first-order valence-corrected chi connectivity index (χ1v) is 11.1. The Hall–Kier alpha value is -2.80. The van der Waals surface area contributed by atoms with E-state index in [2.05, 4.69) is 10.6 Å². The summed E-state index contributed by atoms with van der Waals surface area (Å²) in [4.78, 5) is 25.2. The summed E-state index contributed by atoms with van der Waals surface area (Å²) in [6, 6.07) is 11.6. The molecule has 0 aliphatic heterocycles. The van der Waals surface area contributed by atoms with Crippen LogP contribution in [0, 0.1) is 23.6 Å². The predicted molar refractivity (Wildman–Crippen MR) is 118 cm³/mol. The van der Waals surface area contributed by atoms with Gasteiger partial charge < -0.3 is 20.1 Å². The van der Waals surface area contributed by atoms with Crippen LogP contribution in [0.25, 0.3) is 0 Å². The minimum atomic E-state index is -0.597. The maximum atomic E-state index is 13.5. The lowest BCUT2D eigenvalue weighted by Crippen LogP contribution is -2.56. The van der Waals surface area contributed by atoms with Crippen LogP contribution < -0.4 is 20.1 Å². The number of benzene rings is 2. The van der Waals surface area contributed by atoms with Crippen molar-refractivity contribution in [2.24, 2.45) is 17.8 Å². The highest BCUT2D eigenvalue weighted by Crippen LogP contribution is 2.49. The van der Waals surface area contributed by atoms with Crippen LogP contribution in [0.15, 0.2) is 42.5 Å². The molecule has 0 aromatic heterocycles. The highest BCUT2D eigenvalue weighted by molar-refractivity contribution is 6.30. The molecule has 0 saturated heterocycles. The molecule has 2 N–H and O–H groups in total. The lowest BCUT2D eigenvalue weighted by molar-refractivity contribution is -0.136. The smallest absolute Gasteiger partial charge is 0.258 e. The van der Waals surface area contributed by atoms with Gasteiger partial charge in [0.1, 0.15) is 17.3 Å². The van der Waals surface area contributed by atoms with Gasteiger partial charge in [-0.05, 0) is 60.9 Å². The van der Waals surface area contributed by atoms with Gasteiger partial charge in [-0.1, -0.05) is 23.7 Å². The number of halogens is 2. The highest BCUT2D eigenvalue weighted by atomic mass is 35.5. The summed E-state index contributed by atoms with van der Waals surface area (Å²) in [5, 5.41) is 6.02. The Labute approximate surface area is 191 Å². The first kappa shape index (κ1) is 22.4. The van der Waals surface area contributed by atoms with E-state index < -0.39 is 5.82 Å². The van der Waals surface area contributed by atoms with Gasteiger partial charge in [0.25, 0.3) is 5.91 Å². The van der Waals surface area contributed by atoms with Gasteiger partial charge in [0, 0.05) is 24.6 Å². The van der Waals surface area contributed by atoms with Crippen molar-refractivity contribution in [3.8, 4) is 11.5 Å². The van der Waals surface area contributed by atoms with Crippen LogP contribution in [-0.2, 0) is 16.1 Å². The van der Waals surface area contributed by atoms with Crippen molar-refractivity contribution in [3.63, 3.8) is 0 Å². The number of hydrogen-bond acceptors (Lipinski definition) is 4. The standard InChI is InChI=1S/C24H26ClFN2O4/c1-31-17-4-2-3-14(7-17)12-27-24(30)19-11-22(16-8-15(19)9-16)28-23(29)13-32-18-5-6-20(25)21(26)10-18/h2-7,10,15-16,19,22H,8-9,11-13H2,1H3,(H,27,30)(H,28,29)/t15?,16?,19-,22+/m1/s1. The summed E-state index contributed by atoms with van der Waals surface area (Å²) in [5.41, 5.74) is 0.973. The van der Waals surface area contributed by atoms with Crippen molar-refractivity contribution in [1.29, 1.82) is 0 Å². The third-order valence-corrected chi connectivity index (χ3v) is 6.71. The first-order valence-electron chi connectivity index (χ1n) is 10.7. The van der Waals surface area contributed by atoms with Gasteiger partial charge in [-0.15, -0.1) is 0 Å². The molecule has 170 valence electrons. The number of fused-ring (bicyclic) bond motifs is 2. The van der Waals surface area contributed by atoms with E-state index >= 15 is 0 Å². The number of ether oxygens (including phenoxy) is 2. The molecular weight excluding hydrogens is 435 g/mol. The van der Waals surface area contributed by atoms with Crippen molar-refractivity contribution in [2.45, 2.75) is 31.8 Å². The summed E-state index contributed by atoms with van der Waals surface area (Å²) >= 11 is 5.65. The summed E-state index contributed by atoms with van der Waals surface area (Å²) < 4.78 is 24.1. The van der Waals surface area contributed by atoms with Crippen molar-refractivity contribution in [2.75, 3.05) is 13.7 Å². The number of carbonyl (C=O) groups is 2. The SMILES string of the molecule is COc1cccc(CNC(=O)[C@@H]2C[C@H](NC(=O)COc3ccc(Cl)c(F)c3)C3CC2C3)c1. The number of hydrogen-bond donors (Lipinski definition) is 2. The quantitative estimate of drug-likeness (QED) is 0.629. The van der Waals surface area contributed by atoms with E-state index in [0.29, 0.717) is 24.8 Å². The van der Waals surface area contributed by atoms with E-state index in [4.69, 9.17) is 21.1 Å². The monoisotopic (exact) mass is 460 g/mol. The first-order chi connectivity index (χ1) is 15.4. The molecule has 3 fully saturated rings. The zero-order chi connectivity index (χ0) is 22.7. The normalized spacial score (nSPS) is 23.6. The van der Waals surface area contributed by atoms with Crippen LogP contribution in [0.1, 0.15) is 24.8 Å². The van der Waals surface area contributed by atoms with Crippen LogP contribution in [0.3, 0.4) is 0 Å². The van der Waals surface area contributed by atoms with Crippen molar-refractivity contribution in [3.05, 3.63) is 58.9 Å². The molecule has 2 atom stereocenters. The Morgan fingerprint density at radius 1 is 1.09 bits per heavy atom. The molecule has 32 heavy (non-hydrogen) atoms. The molecular formula is C24H26ClFN2O4. The fourth-order valence-corrected chi connectivity index (χ4v) is 4.71. The van der Waals surface area contributed by atoms with Gasteiger partial charge >= 0.3 is 0 Å². The molecule has 2 aromatic rings. The Morgan fingerprint density at radius 3 is 2.66 bits per heavy atom. The largest absolute Gasteiger partial charge is 0.497 e. The number of nitrogens with one attached hydrogen (secondary N) is 2. The van der Waals surface area contributed by atoms with E-state index in [9.17, 15) is 14.0 Å². The molecule has 3 saturated carbocycles. The second-order valence-corrected chi connectivity index (χ2v) is 8.85. The number of rotatable bonds is 8. The molecule has 2 bridgehead atoms. The summed E-state index contributed by atoms with van der Waals surface area (Å²) in [6.07, 6.45) is 2.48. The molecule has 2 amide bonds. The molecule has 3 aliphatic carbocycles. The minimum Gasteiger partial charge on any atom is -0.497 e. The summed E-state index contributed by atoms with van der Waals surface area (Å²) in [6.45, 7) is 0.214. The molecule has 0 heterocycles. The van der Waals surface area contributed by atoms with Gasteiger partial charge in [-0.25, -0.2) is 4.39 Å². The summed E-state index contributed by atoms with van der Waals surface area (Å²) in [5.74, 6) is 0.759. The van der Waals surface area contributed by atoms with E-state index in [-0.39, 0.29) is 41.2 Å². The third kappa shape index (κ3) is 5.15. The van der Waals surface area contributed by atoms with Crippen LogP contribution in [0.4, 0.5) is 4.39 Å². The lowest BCUT2D eigenvalue weighted by atomic mass is 9.57. The van der Waals surface area contributed by atoms with Gasteiger partial charge in [-0.2, -0.15) is 0 Å². The molecule has 0 spiro atoms. The van der Waals surface area contributed by atoms with Gasteiger partial charge in [0.15, 0.2) is 6.61 Å². The average Bonchev–Trinajstić information content (AvgIpc) is 2.77. The Balaban J connectivity index is 1.27. The Morgan fingerprint density at radius 2 is 1.91 bits per heavy atom. The summed E-state index contributed by atoms with van der Waals surface area (Å²) in [7, 11) is 1.61. The van der Waals surface area contributed by atoms with Gasteiger partial charge in [0.05, 0.1) is 12.1 Å². The van der Waals surface area contributed by atoms with Crippen molar-refractivity contribution >= 4 is 23.4 Å². The number of carbonyl (C=O) groups excluding carboxylic acids is 2. The molecule has 2 aromatic carbocycles. The van der Waals surface area contributed by atoms with Crippen molar-refractivity contribution in [1.82, 2.24) is 10.6 Å². The van der Waals surface area contributed by atoms with Crippen LogP contribution >= 0.6 is 11.6 Å². The Kier molecular flexibility index (Phi) is 6.84. The zero-order valence-corrected chi connectivity index (χ0v) is 18.5. The number of methoxy groups -OCH3 is 1. The fourth-order valence-electron chi connectivity index (χ4n) is 4.59. The average molecular weight is 461 g/mol. The van der Waals surface area contributed by atoms with E-state index in [1.54, 1.807) is 7.11 Å². The molecule has 3 aliphatic rings. The minimum absolute atomic E-state index is 0.000681. The molecule has 8 heteroatoms. The molecule has 0 radical (unpaired) electrons. The molecule has 6 nitrogen and oxygen atoms in total. The van der Waals surface area contributed by atoms with Crippen LogP contribution in [0.5, 0.6) is 11.5 Å². The number of amides is 2. The van der Waals surface area contributed by atoms with Crippen LogP contribution in [0.2, 0.25) is 5.02 Å². The predicted octanol–water partition coefficient (Wildman–Crippen LogP) is 3.71. The topological polar surface area (TPSA) is 76.7 Å². The Bertz CT molecular complexity index is 996. The zero-order valence-electron chi connectivity index (χ0n) is 17.8. The second-order valence-electron chi connectivity index (χ2n) is 8.44. The second kappa shape index (κ2) is 9.77. The maximum Gasteiger partial charge on any atom is 0.258 e. The molecule has 0 unspecified atom stereocenters. The van der Waals surface area contributed by atoms with E-state index in [1.165, 1.54) is 12.1 Å². The fraction of sp³-hybridized carbons (Fsp3) is 0.417. The van der Waals surface area contributed by atoms with Gasteiger partial charge in [0.2, 0.25) is 5.91 Å².